The Kier molecular flexibility index (Phi) is 4.26. The molecule has 3 nitrogen and oxygen atoms in total. The lowest BCUT2D eigenvalue weighted by atomic mass is 9.95. The maximum absolute atomic E-state index is 11.9. The van der Waals surface area contributed by atoms with Gasteiger partial charge in [0.25, 0.3) is 0 Å². The van der Waals surface area contributed by atoms with Crippen molar-refractivity contribution in [1.82, 2.24) is 0 Å². The van der Waals surface area contributed by atoms with Crippen LogP contribution < -0.4 is 11.1 Å². The molecule has 1 aromatic heterocycles. The minimum Gasteiger partial charge on any atom is -0.389 e. The van der Waals surface area contributed by atoms with Crippen molar-refractivity contribution in [2.45, 2.75) is 46.0 Å². The monoisotopic (exact) mass is 296 g/mol. The summed E-state index contributed by atoms with van der Waals surface area (Å²) in [4.78, 5) is 13.6. The summed E-state index contributed by atoms with van der Waals surface area (Å²) in [6.45, 7) is 0. The van der Waals surface area contributed by atoms with Crippen LogP contribution in [0.4, 0.5) is 5.00 Å². The normalized spacial score (nSPS) is 17.3. The summed E-state index contributed by atoms with van der Waals surface area (Å²) in [5.41, 5.74) is 8.05. The first-order valence-electron chi connectivity index (χ1n) is 6.42. The van der Waals surface area contributed by atoms with Crippen LogP contribution in [0.3, 0.4) is 0 Å². The maximum atomic E-state index is 11.9. The van der Waals surface area contributed by atoms with Gasteiger partial charge in [-0.3, -0.25) is 4.79 Å². The van der Waals surface area contributed by atoms with Gasteiger partial charge in [0.2, 0.25) is 5.91 Å². The zero-order valence-electron chi connectivity index (χ0n) is 10.1. The van der Waals surface area contributed by atoms with Crippen LogP contribution in [0.25, 0.3) is 0 Å². The lowest BCUT2D eigenvalue weighted by Crippen LogP contribution is -2.18. The van der Waals surface area contributed by atoms with Crippen LogP contribution in [-0.4, -0.2) is 10.9 Å². The molecule has 1 fully saturated rings. The summed E-state index contributed by atoms with van der Waals surface area (Å²) in [6.07, 6.45) is 6.57. The lowest BCUT2D eigenvalue weighted by molar-refractivity contribution is -0.117. The Hall–Kier alpha value is -0.940. The molecule has 1 amide bonds. The van der Waals surface area contributed by atoms with E-state index in [9.17, 15) is 4.79 Å². The van der Waals surface area contributed by atoms with E-state index >= 15 is 0 Å². The zero-order valence-corrected chi connectivity index (χ0v) is 11.8. The number of carbonyl (C=O) groups is 1. The number of hydrogen-bond donors (Lipinski definition) is 2. The van der Waals surface area contributed by atoms with Crippen LogP contribution in [0, 0.1) is 5.92 Å². The Morgan fingerprint density at radius 1 is 1.32 bits per heavy atom. The topological polar surface area (TPSA) is 55.1 Å². The molecule has 0 bridgehead atoms. The highest BCUT2D eigenvalue weighted by molar-refractivity contribution is 7.80. The van der Waals surface area contributed by atoms with Gasteiger partial charge in [-0.25, -0.2) is 0 Å². The van der Waals surface area contributed by atoms with E-state index in [0.717, 1.165) is 36.2 Å². The Bertz CT molecular complexity index is 518. The average molecular weight is 296 g/mol. The summed E-state index contributed by atoms with van der Waals surface area (Å²) >= 11 is 6.82. The van der Waals surface area contributed by atoms with Gasteiger partial charge in [-0.1, -0.05) is 19.6 Å². The van der Waals surface area contributed by atoms with Gasteiger partial charge >= 0.3 is 0 Å². The zero-order chi connectivity index (χ0) is 12.7. The van der Waals surface area contributed by atoms with E-state index in [1.54, 1.807) is 11.3 Å². The van der Waals surface area contributed by atoms with Crippen LogP contribution in [0.2, 0.25) is 0 Å². The van der Waals surface area contributed by atoms with Crippen molar-refractivity contribution >= 4 is 39.5 Å². The fourth-order valence-corrected chi connectivity index (χ4v) is 4.07. The van der Waals surface area contributed by atoms with Crippen molar-refractivity contribution < 1.29 is 4.79 Å². The van der Waals surface area contributed by atoms with E-state index in [2.05, 4.69) is 5.32 Å². The molecule has 0 aliphatic heterocycles. The highest BCUT2D eigenvalue weighted by Crippen LogP contribution is 2.39. The number of aryl methyl sites for hydroxylation is 1. The Morgan fingerprint density at radius 3 is 2.63 bits per heavy atom. The smallest absolute Gasteiger partial charge is 0.228 e. The van der Waals surface area contributed by atoms with Crippen molar-refractivity contribution in [3.8, 4) is 0 Å². The Labute approximate surface area is 123 Å². The summed E-state index contributed by atoms with van der Waals surface area (Å²) in [5.74, 6) is 0.342. The summed E-state index contributed by atoms with van der Waals surface area (Å²) in [7, 11) is 0. The molecular formula is C14H20N2OS2. The quantitative estimate of drug-likeness (QED) is 0.842. The van der Waals surface area contributed by atoms with Gasteiger partial charge in [0.1, 0.15) is 9.99 Å². The van der Waals surface area contributed by atoms with Crippen LogP contribution in [0.1, 0.15) is 49.1 Å². The number of thiophene rings is 1. The fraction of sp³-hybridized carbons (Fsp3) is 0.571. The van der Waals surface area contributed by atoms with Crippen LogP contribution in [-0.2, 0) is 17.6 Å². The molecule has 0 atom stereocenters. The molecule has 3 rings (SSSR count). The minimum absolute atomic E-state index is 0. The summed E-state index contributed by atoms with van der Waals surface area (Å²) in [5, 5.41) is 3.90. The second-order valence-corrected chi connectivity index (χ2v) is 6.59. The SMILES string of the molecule is C.NC(=S)c1c(NC(=O)C2CC2)sc2c1CCCC2. The molecule has 1 heterocycles. The lowest BCUT2D eigenvalue weighted by Gasteiger charge is -2.12. The van der Waals surface area contributed by atoms with Crippen molar-refractivity contribution in [3.05, 3.63) is 16.0 Å². The van der Waals surface area contributed by atoms with E-state index < -0.39 is 0 Å². The van der Waals surface area contributed by atoms with Gasteiger partial charge in [-0.05, 0) is 44.1 Å². The van der Waals surface area contributed by atoms with Crippen molar-refractivity contribution in [2.24, 2.45) is 11.7 Å². The number of hydrogen-bond acceptors (Lipinski definition) is 3. The molecule has 104 valence electrons. The number of fused-ring (bicyclic) bond motifs is 1. The largest absolute Gasteiger partial charge is 0.389 e. The fourth-order valence-electron chi connectivity index (χ4n) is 2.47. The molecule has 0 saturated heterocycles. The van der Waals surface area contributed by atoms with Gasteiger partial charge < -0.3 is 11.1 Å². The number of thiocarbonyl (C=S) groups is 1. The molecule has 0 spiro atoms. The molecule has 19 heavy (non-hydrogen) atoms. The predicted molar refractivity (Wildman–Crippen MR) is 84.9 cm³/mol. The third-order valence-corrected chi connectivity index (χ3v) is 5.01. The summed E-state index contributed by atoms with van der Waals surface area (Å²) < 4.78 is 0. The molecule has 0 unspecified atom stereocenters. The summed E-state index contributed by atoms with van der Waals surface area (Å²) in [6, 6.07) is 0. The van der Waals surface area contributed by atoms with E-state index in [4.69, 9.17) is 18.0 Å². The van der Waals surface area contributed by atoms with Crippen molar-refractivity contribution in [1.29, 1.82) is 0 Å². The molecule has 2 aliphatic carbocycles. The highest BCUT2D eigenvalue weighted by Gasteiger charge is 2.31. The van der Waals surface area contributed by atoms with E-state index in [0.29, 0.717) is 4.99 Å². The van der Waals surface area contributed by atoms with Gasteiger partial charge in [-0.2, -0.15) is 0 Å². The van der Waals surface area contributed by atoms with Crippen LogP contribution in [0.5, 0.6) is 0 Å². The number of anilines is 1. The van der Waals surface area contributed by atoms with Gasteiger partial charge in [0.05, 0.1) is 0 Å². The van der Waals surface area contributed by atoms with Crippen LogP contribution in [0.15, 0.2) is 0 Å². The highest BCUT2D eigenvalue weighted by atomic mass is 32.1. The van der Waals surface area contributed by atoms with Crippen LogP contribution >= 0.6 is 23.6 Å². The molecule has 5 heteroatoms. The van der Waals surface area contributed by atoms with Gasteiger partial charge in [0.15, 0.2) is 0 Å². The third kappa shape index (κ3) is 2.82. The Morgan fingerprint density at radius 2 is 2.00 bits per heavy atom. The molecule has 0 radical (unpaired) electrons. The predicted octanol–water partition coefficient (Wildman–Crippen LogP) is 3.25. The maximum Gasteiger partial charge on any atom is 0.228 e. The molecule has 3 N–H and O–H groups in total. The van der Waals surface area contributed by atoms with Gasteiger partial charge in [-0.15, -0.1) is 11.3 Å². The molecule has 2 aliphatic rings. The minimum atomic E-state index is 0. The first-order valence-corrected chi connectivity index (χ1v) is 7.64. The molecule has 0 aromatic carbocycles. The average Bonchev–Trinajstić information content (AvgIpc) is 3.10. The number of nitrogens with one attached hydrogen (secondary N) is 1. The Balaban J connectivity index is 0.00000133. The van der Waals surface area contributed by atoms with E-state index in [-0.39, 0.29) is 19.3 Å². The molecule has 1 saturated carbocycles. The molecule has 1 aromatic rings. The number of rotatable bonds is 3. The molecular weight excluding hydrogens is 276 g/mol. The number of amides is 1. The van der Waals surface area contributed by atoms with E-state index in [1.807, 2.05) is 0 Å². The second kappa shape index (κ2) is 5.59. The first-order chi connectivity index (χ1) is 8.66. The van der Waals surface area contributed by atoms with Crippen molar-refractivity contribution in [3.63, 3.8) is 0 Å². The number of nitrogens with two attached hydrogens (primary N) is 1. The standard InChI is InChI=1S/C13H16N2OS2.CH4/c14-11(17)10-8-3-1-2-4-9(8)18-13(10)15-12(16)7-5-6-7;/h7H,1-6H2,(H2,14,17)(H,15,16);1H4. The number of carbonyl (C=O) groups excluding carboxylic acids is 1. The van der Waals surface area contributed by atoms with Gasteiger partial charge in [0, 0.05) is 16.4 Å². The second-order valence-electron chi connectivity index (χ2n) is 5.04. The van der Waals surface area contributed by atoms with E-state index in [1.165, 1.54) is 23.3 Å². The first kappa shape index (κ1) is 14.5. The van der Waals surface area contributed by atoms with Crippen molar-refractivity contribution in [2.75, 3.05) is 5.32 Å². The third-order valence-electron chi connectivity index (χ3n) is 3.60.